The highest BCUT2D eigenvalue weighted by atomic mass is 16.6. The third-order valence-corrected chi connectivity index (χ3v) is 4.83. The van der Waals surface area contributed by atoms with Gasteiger partial charge in [0.2, 0.25) is 0 Å². The van der Waals surface area contributed by atoms with Gasteiger partial charge in [0.1, 0.15) is 13.2 Å². The molecule has 4 rings (SSSR count). The summed E-state index contributed by atoms with van der Waals surface area (Å²) in [7, 11) is 0. The van der Waals surface area contributed by atoms with Crippen molar-refractivity contribution in [2.75, 3.05) is 18.5 Å². The zero-order valence-corrected chi connectivity index (χ0v) is 16.1. The Morgan fingerprint density at radius 3 is 2.36 bits per heavy atom. The lowest BCUT2D eigenvalue weighted by Crippen LogP contribution is -2.16. The van der Waals surface area contributed by atoms with E-state index in [2.05, 4.69) is 43.4 Å². The molecule has 0 radical (unpaired) electrons. The molecule has 0 saturated heterocycles. The van der Waals surface area contributed by atoms with Gasteiger partial charge in [0.05, 0.1) is 0 Å². The number of carbonyl (C=O) groups is 1. The molecule has 0 atom stereocenters. The molecule has 1 N–H and O–H groups in total. The van der Waals surface area contributed by atoms with Crippen LogP contribution in [0.5, 0.6) is 11.5 Å². The van der Waals surface area contributed by atoms with Crippen molar-refractivity contribution in [2.24, 2.45) is 0 Å². The van der Waals surface area contributed by atoms with E-state index in [1.54, 1.807) is 6.07 Å². The third-order valence-electron chi connectivity index (χ3n) is 4.83. The van der Waals surface area contributed by atoms with Crippen LogP contribution in [0.2, 0.25) is 0 Å². The molecule has 0 fully saturated rings. The lowest BCUT2D eigenvalue weighted by Gasteiger charge is -2.19. The average molecular weight is 373 g/mol. The Bertz CT molecular complexity index is 993. The first-order chi connectivity index (χ1) is 13.6. The number of fused-ring (bicyclic) bond motifs is 1. The molecule has 0 bridgehead atoms. The van der Waals surface area contributed by atoms with Crippen LogP contribution in [-0.2, 0) is 0 Å². The summed E-state index contributed by atoms with van der Waals surface area (Å²) >= 11 is 0. The van der Waals surface area contributed by atoms with E-state index in [4.69, 9.17) is 9.47 Å². The Kier molecular flexibility index (Phi) is 5.02. The summed E-state index contributed by atoms with van der Waals surface area (Å²) in [5.41, 5.74) is 4.85. The highest BCUT2D eigenvalue weighted by Gasteiger charge is 2.13. The summed E-state index contributed by atoms with van der Waals surface area (Å²) in [6.45, 7) is 5.43. The maximum absolute atomic E-state index is 12.6. The first-order valence-corrected chi connectivity index (χ1v) is 9.51. The van der Waals surface area contributed by atoms with Gasteiger partial charge in [0, 0.05) is 17.3 Å². The van der Waals surface area contributed by atoms with E-state index in [-0.39, 0.29) is 5.91 Å². The van der Waals surface area contributed by atoms with E-state index in [1.165, 1.54) is 5.56 Å². The molecular weight excluding hydrogens is 350 g/mol. The van der Waals surface area contributed by atoms with E-state index in [9.17, 15) is 4.79 Å². The standard InChI is InChI=1S/C24H23NO3/c1-16(2)19-4-3-5-20(14-19)17-6-8-18(9-7-17)24(26)25-21-10-11-22-23(15-21)28-13-12-27-22/h3-11,14-16H,12-13H2,1-2H3,(H,25,26). The van der Waals surface area contributed by atoms with Crippen LogP contribution in [0.25, 0.3) is 11.1 Å². The lowest BCUT2D eigenvalue weighted by atomic mass is 9.97. The Balaban J connectivity index is 1.49. The molecule has 3 aromatic carbocycles. The molecule has 1 heterocycles. The SMILES string of the molecule is CC(C)c1cccc(-c2ccc(C(=O)Nc3ccc4c(c3)OCCO4)cc2)c1. The van der Waals surface area contributed by atoms with E-state index in [0.717, 1.165) is 11.1 Å². The van der Waals surface area contributed by atoms with E-state index < -0.39 is 0 Å². The molecule has 1 amide bonds. The van der Waals surface area contributed by atoms with Gasteiger partial charge < -0.3 is 14.8 Å². The number of hydrogen-bond acceptors (Lipinski definition) is 3. The number of hydrogen-bond donors (Lipinski definition) is 1. The van der Waals surface area contributed by atoms with E-state index in [1.807, 2.05) is 36.4 Å². The third kappa shape index (κ3) is 3.86. The minimum Gasteiger partial charge on any atom is -0.486 e. The minimum absolute atomic E-state index is 0.154. The molecule has 0 aromatic heterocycles. The summed E-state index contributed by atoms with van der Waals surface area (Å²) in [6, 6.07) is 21.6. The number of amides is 1. The van der Waals surface area contributed by atoms with Crippen LogP contribution in [0.3, 0.4) is 0 Å². The second-order valence-electron chi connectivity index (χ2n) is 7.17. The fourth-order valence-electron chi connectivity index (χ4n) is 3.22. The average Bonchev–Trinajstić information content (AvgIpc) is 2.74. The number of benzene rings is 3. The number of rotatable bonds is 4. The zero-order chi connectivity index (χ0) is 19.5. The summed E-state index contributed by atoms with van der Waals surface area (Å²) < 4.78 is 11.1. The summed E-state index contributed by atoms with van der Waals surface area (Å²) in [5, 5.41) is 2.92. The molecule has 0 aliphatic carbocycles. The van der Waals surface area contributed by atoms with Crippen molar-refractivity contribution in [3.05, 3.63) is 77.9 Å². The molecule has 3 aromatic rings. The van der Waals surface area contributed by atoms with Crippen LogP contribution >= 0.6 is 0 Å². The van der Waals surface area contributed by atoms with Crippen LogP contribution in [0, 0.1) is 0 Å². The van der Waals surface area contributed by atoms with Crippen molar-refractivity contribution < 1.29 is 14.3 Å². The molecule has 28 heavy (non-hydrogen) atoms. The van der Waals surface area contributed by atoms with Crippen LogP contribution in [0.15, 0.2) is 66.7 Å². The van der Waals surface area contributed by atoms with Gasteiger partial charge in [-0.2, -0.15) is 0 Å². The molecule has 1 aliphatic heterocycles. The smallest absolute Gasteiger partial charge is 0.255 e. The Morgan fingerprint density at radius 1 is 0.857 bits per heavy atom. The zero-order valence-electron chi connectivity index (χ0n) is 16.1. The van der Waals surface area contributed by atoms with Gasteiger partial charge in [-0.1, -0.05) is 50.2 Å². The Labute approximate surface area is 165 Å². The number of nitrogens with one attached hydrogen (secondary N) is 1. The lowest BCUT2D eigenvalue weighted by molar-refractivity contribution is 0.102. The predicted molar refractivity (Wildman–Crippen MR) is 111 cm³/mol. The van der Waals surface area contributed by atoms with Gasteiger partial charge in [-0.15, -0.1) is 0 Å². The maximum atomic E-state index is 12.6. The maximum Gasteiger partial charge on any atom is 0.255 e. The topological polar surface area (TPSA) is 47.6 Å². The highest BCUT2D eigenvalue weighted by Crippen LogP contribution is 2.32. The van der Waals surface area contributed by atoms with Crippen molar-refractivity contribution >= 4 is 11.6 Å². The normalized spacial score (nSPS) is 12.7. The minimum atomic E-state index is -0.154. The quantitative estimate of drug-likeness (QED) is 0.657. The van der Waals surface area contributed by atoms with Crippen LogP contribution in [-0.4, -0.2) is 19.1 Å². The number of anilines is 1. The molecule has 142 valence electrons. The van der Waals surface area contributed by atoms with Gasteiger partial charge in [0.25, 0.3) is 5.91 Å². The number of ether oxygens (including phenoxy) is 2. The largest absolute Gasteiger partial charge is 0.486 e. The van der Waals surface area contributed by atoms with Crippen molar-refractivity contribution in [1.29, 1.82) is 0 Å². The van der Waals surface area contributed by atoms with Crippen molar-refractivity contribution in [3.63, 3.8) is 0 Å². The fourth-order valence-corrected chi connectivity index (χ4v) is 3.22. The van der Waals surface area contributed by atoms with Crippen LogP contribution in [0.4, 0.5) is 5.69 Å². The number of carbonyl (C=O) groups excluding carboxylic acids is 1. The fraction of sp³-hybridized carbons (Fsp3) is 0.208. The molecule has 0 unspecified atom stereocenters. The first-order valence-electron chi connectivity index (χ1n) is 9.51. The molecule has 4 heteroatoms. The monoisotopic (exact) mass is 373 g/mol. The van der Waals surface area contributed by atoms with Crippen LogP contribution < -0.4 is 14.8 Å². The molecule has 0 spiro atoms. The predicted octanol–water partition coefficient (Wildman–Crippen LogP) is 5.50. The van der Waals surface area contributed by atoms with Crippen LogP contribution in [0.1, 0.15) is 35.7 Å². The first kappa shape index (κ1) is 18.1. The van der Waals surface area contributed by atoms with Gasteiger partial charge in [-0.25, -0.2) is 0 Å². The van der Waals surface area contributed by atoms with Crippen molar-refractivity contribution in [1.82, 2.24) is 0 Å². The second kappa shape index (κ2) is 7.77. The van der Waals surface area contributed by atoms with E-state index >= 15 is 0 Å². The van der Waals surface area contributed by atoms with Crippen molar-refractivity contribution in [3.8, 4) is 22.6 Å². The molecule has 0 saturated carbocycles. The Morgan fingerprint density at radius 2 is 1.61 bits per heavy atom. The van der Waals surface area contributed by atoms with Gasteiger partial charge in [0.15, 0.2) is 11.5 Å². The molecule has 1 aliphatic rings. The van der Waals surface area contributed by atoms with Gasteiger partial charge >= 0.3 is 0 Å². The highest BCUT2D eigenvalue weighted by molar-refractivity contribution is 6.04. The van der Waals surface area contributed by atoms with Crippen molar-refractivity contribution in [2.45, 2.75) is 19.8 Å². The summed E-state index contributed by atoms with van der Waals surface area (Å²) in [5.74, 6) is 1.69. The molecular formula is C24H23NO3. The van der Waals surface area contributed by atoms with Gasteiger partial charge in [-0.05, 0) is 46.9 Å². The molecule has 4 nitrogen and oxygen atoms in total. The summed E-state index contributed by atoms with van der Waals surface area (Å²) in [4.78, 5) is 12.6. The van der Waals surface area contributed by atoms with E-state index in [0.29, 0.717) is 41.9 Å². The summed E-state index contributed by atoms with van der Waals surface area (Å²) in [6.07, 6.45) is 0. The Hall–Kier alpha value is -3.27. The van der Waals surface area contributed by atoms with Gasteiger partial charge in [-0.3, -0.25) is 4.79 Å². The second-order valence-corrected chi connectivity index (χ2v) is 7.17.